The lowest BCUT2D eigenvalue weighted by Gasteiger charge is -2.10. The normalized spacial score (nSPS) is 11.6. The first-order valence-electron chi connectivity index (χ1n) is 3.79. The highest BCUT2D eigenvalue weighted by Crippen LogP contribution is 2.13. The van der Waals surface area contributed by atoms with Gasteiger partial charge in [-0.3, -0.25) is 14.1 Å². The number of esters is 2. The zero-order valence-electron chi connectivity index (χ0n) is 8.17. The van der Waals surface area contributed by atoms with Gasteiger partial charge in [0.05, 0.1) is 33.2 Å². The molecule has 0 saturated carbocycles. The van der Waals surface area contributed by atoms with Gasteiger partial charge in [0, 0.05) is 0 Å². The summed E-state index contributed by atoms with van der Waals surface area (Å²) in [6.45, 7) is -0.486. The Bertz CT molecular complexity index is 288. The highest BCUT2D eigenvalue weighted by atomic mass is 31.1. The fraction of sp³-hybridized carbons (Fsp3) is 0.571. The van der Waals surface area contributed by atoms with E-state index in [9.17, 15) is 18.7 Å². The van der Waals surface area contributed by atoms with Crippen molar-refractivity contribution in [1.29, 1.82) is 0 Å². The molecule has 0 saturated heterocycles. The van der Waals surface area contributed by atoms with Crippen molar-refractivity contribution in [3.05, 3.63) is 6.42 Å². The van der Waals surface area contributed by atoms with Gasteiger partial charge >= 0.3 is 19.8 Å². The van der Waals surface area contributed by atoms with Crippen molar-refractivity contribution in [2.45, 2.75) is 0 Å². The van der Waals surface area contributed by atoms with Gasteiger partial charge in [-0.05, 0) is 0 Å². The summed E-state index contributed by atoms with van der Waals surface area (Å²) in [5.74, 6) is -2.65. The molecular formula is C7H10O7P. The van der Waals surface area contributed by atoms with E-state index in [1.807, 2.05) is 0 Å². The Hall–Kier alpha value is -1.20. The SMILES string of the molecule is COC(=O)[CH]C(COP(=O)=O)C(=O)OC. The second kappa shape index (κ2) is 7.14. The molecule has 0 N–H and O–H groups in total. The molecule has 7 nitrogen and oxygen atoms in total. The first-order chi connectivity index (χ1) is 7.01. The third kappa shape index (κ3) is 5.98. The summed E-state index contributed by atoms with van der Waals surface area (Å²) in [6, 6.07) is 0. The molecule has 0 bridgehead atoms. The number of rotatable bonds is 6. The molecule has 85 valence electrons. The third-order valence-corrected chi connectivity index (χ3v) is 1.76. The lowest BCUT2D eigenvalue weighted by atomic mass is 10.1. The van der Waals surface area contributed by atoms with Crippen LogP contribution in [0.1, 0.15) is 0 Å². The summed E-state index contributed by atoms with van der Waals surface area (Å²) >= 11 is 0. The molecule has 0 aromatic rings. The third-order valence-electron chi connectivity index (χ3n) is 1.40. The van der Waals surface area contributed by atoms with Crippen LogP contribution in [0.3, 0.4) is 0 Å². The van der Waals surface area contributed by atoms with Gasteiger partial charge < -0.3 is 9.47 Å². The molecule has 1 unspecified atom stereocenters. The summed E-state index contributed by atoms with van der Waals surface area (Å²) in [5, 5.41) is 0. The minimum atomic E-state index is -3.07. The fourth-order valence-electron chi connectivity index (χ4n) is 0.709. The predicted octanol–water partition coefficient (Wildman–Crippen LogP) is 0.257. The van der Waals surface area contributed by atoms with E-state index in [2.05, 4.69) is 14.0 Å². The van der Waals surface area contributed by atoms with E-state index in [1.54, 1.807) is 0 Å². The van der Waals surface area contributed by atoms with Gasteiger partial charge in [0.2, 0.25) is 0 Å². The maximum absolute atomic E-state index is 11.0. The Morgan fingerprint density at radius 3 is 2.27 bits per heavy atom. The molecule has 0 heterocycles. The number of carbonyl (C=O) groups excluding carboxylic acids is 2. The smallest absolute Gasteiger partial charge is 0.468 e. The lowest BCUT2D eigenvalue weighted by Crippen LogP contribution is -2.24. The van der Waals surface area contributed by atoms with E-state index in [0.29, 0.717) is 0 Å². The second-order valence-electron chi connectivity index (χ2n) is 2.34. The molecule has 0 aliphatic heterocycles. The summed E-state index contributed by atoms with van der Waals surface area (Å²) < 4.78 is 33.0. The van der Waals surface area contributed by atoms with Crippen molar-refractivity contribution in [3.63, 3.8) is 0 Å². The molecule has 0 aliphatic rings. The van der Waals surface area contributed by atoms with Crippen LogP contribution < -0.4 is 0 Å². The summed E-state index contributed by atoms with van der Waals surface area (Å²) in [4.78, 5) is 21.8. The second-order valence-corrected chi connectivity index (χ2v) is 3.04. The van der Waals surface area contributed by atoms with Gasteiger partial charge in [0.15, 0.2) is 0 Å². The predicted molar refractivity (Wildman–Crippen MR) is 46.1 cm³/mol. The van der Waals surface area contributed by atoms with Crippen molar-refractivity contribution in [2.24, 2.45) is 5.92 Å². The molecule has 0 rings (SSSR count). The van der Waals surface area contributed by atoms with Crippen LogP contribution >= 0.6 is 7.91 Å². The number of hydrogen-bond donors (Lipinski definition) is 0. The Kier molecular flexibility index (Phi) is 6.57. The van der Waals surface area contributed by atoms with Crippen LogP contribution in [0.25, 0.3) is 0 Å². The maximum Gasteiger partial charge on any atom is 0.468 e. The zero-order valence-corrected chi connectivity index (χ0v) is 9.06. The van der Waals surface area contributed by atoms with Crippen LogP contribution in [0.4, 0.5) is 0 Å². The molecule has 0 spiro atoms. The maximum atomic E-state index is 11.0. The Morgan fingerprint density at radius 1 is 1.27 bits per heavy atom. The molecule has 0 aromatic heterocycles. The van der Waals surface area contributed by atoms with Crippen molar-refractivity contribution >= 4 is 19.8 Å². The molecular weight excluding hydrogens is 227 g/mol. The Morgan fingerprint density at radius 2 is 1.87 bits per heavy atom. The van der Waals surface area contributed by atoms with Gasteiger partial charge in [0.25, 0.3) is 0 Å². The van der Waals surface area contributed by atoms with Gasteiger partial charge in [0.1, 0.15) is 0 Å². The van der Waals surface area contributed by atoms with Gasteiger partial charge in [-0.2, -0.15) is 0 Å². The van der Waals surface area contributed by atoms with Crippen LogP contribution in [0.5, 0.6) is 0 Å². The van der Waals surface area contributed by atoms with Crippen molar-refractivity contribution in [1.82, 2.24) is 0 Å². The molecule has 0 aliphatic carbocycles. The van der Waals surface area contributed by atoms with E-state index >= 15 is 0 Å². The number of hydrogen-bond acceptors (Lipinski definition) is 7. The highest BCUT2D eigenvalue weighted by Gasteiger charge is 2.24. The summed E-state index contributed by atoms with van der Waals surface area (Å²) in [7, 11) is -0.836. The minimum Gasteiger partial charge on any atom is -0.469 e. The number of ether oxygens (including phenoxy) is 2. The van der Waals surface area contributed by atoms with Crippen LogP contribution in [0, 0.1) is 12.3 Å². The van der Waals surface area contributed by atoms with Crippen LogP contribution in [-0.4, -0.2) is 32.8 Å². The quantitative estimate of drug-likeness (QED) is 0.482. The monoisotopic (exact) mass is 237 g/mol. The van der Waals surface area contributed by atoms with Crippen LogP contribution in [0.15, 0.2) is 0 Å². The average molecular weight is 237 g/mol. The molecule has 1 radical (unpaired) electrons. The largest absolute Gasteiger partial charge is 0.469 e. The molecule has 15 heavy (non-hydrogen) atoms. The molecule has 1 atom stereocenters. The van der Waals surface area contributed by atoms with Crippen molar-refractivity contribution < 1.29 is 32.7 Å². The van der Waals surface area contributed by atoms with E-state index in [4.69, 9.17) is 0 Å². The van der Waals surface area contributed by atoms with Crippen LogP contribution in [-0.2, 0) is 32.7 Å². The van der Waals surface area contributed by atoms with Crippen molar-refractivity contribution in [2.75, 3.05) is 20.8 Å². The first-order valence-corrected chi connectivity index (χ1v) is 4.88. The summed E-state index contributed by atoms with van der Waals surface area (Å²) in [6.07, 6.45) is 0.880. The Labute approximate surface area is 86.6 Å². The first kappa shape index (κ1) is 13.8. The molecule has 0 amide bonds. The molecule has 8 heteroatoms. The topological polar surface area (TPSA) is 96.0 Å². The standard InChI is InChI=1S/C7H10O7P/c1-12-6(8)3-5(7(9)13-2)4-14-15(10)11/h3,5H,4H2,1-2H3. The molecule has 0 aromatic carbocycles. The average Bonchev–Trinajstić information content (AvgIpc) is 2.22. The fourth-order valence-corrected chi connectivity index (χ4v) is 0.991. The Balaban J connectivity index is 4.30. The van der Waals surface area contributed by atoms with Crippen LogP contribution in [0.2, 0.25) is 0 Å². The summed E-state index contributed by atoms with van der Waals surface area (Å²) in [5.41, 5.74) is 0. The lowest BCUT2D eigenvalue weighted by molar-refractivity contribution is -0.148. The van der Waals surface area contributed by atoms with E-state index < -0.39 is 32.4 Å². The molecule has 0 fully saturated rings. The van der Waals surface area contributed by atoms with E-state index in [1.165, 1.54) is 0 Å². The van der Waals surface area contributed by atoms with E-state index in [0.717, 1.165) is 20.6 Å². The minimum absolute atomic E-state index is 0.486. The van der Waals surface area contributed by atoms with Gasteiger partial charge in [-0.15, -0.1) is 0 Å². The number of carbonyl (C=O) groups is 2. The van der Waals surface area contributed by atoms with Gasteiger partial charge in [-0.1, -0.05) is 0 Å². The van der Waals surface area contributed by atoms with E-state index in [-0.39, 0.29) is 0 Å². The number of methoxy groups -OCH3 is 2. The van der Waals surface area contributed by atoms with Crippen molar-refractivity contribution in [3.8, 4) is 0 Å². The highest BCUT2D eigenvalue weighted by molar-refractivity contribution is 7.24. The van der Waals surface area contributed by atoms with Gasteiger partial charge in [-0.25, -0.2) is 9.13 Å². The zero-order chi connectivity index (χ0) is 11.8.